The zero-order chi connectivity index (χ0) is 31.6. The van der Waals surface area contributed by atoms with Gasteiger partial charge in [0.25, 0.3) is 0 Å². The van der Waals surface area contributed by atoms with Gasteiger partial charge in [-0.15, -0.1) is 22.1 Å². The van der Waals surface area contributed by atoms with E-state index in [-0.39, 0.29) is 41.7 Å². The second-order valence-electron chi connectivity index (χ2n) is 11.5. The number of aliphatic hydroxyl groups is 1. The summed E-state index contributed by atoms with van der Waals surface area (Å²) in [5.74, 6) is -2.33. The van der Waals surface area contributed by atoms with Crippen LogP contribution in [0.1, 0.15) is 101 Å². The number of allylic oxidation sites excluding steroid dienone is 4. The summed E-state index contributed by atoms with van der Waals surface area (Å²) in [5, 5.41) is 20.6. The Morgan fingerprint density at radius 3 is 2.27 bits per heavy atom. The van der Waals surface area contributed by atoms with Crippen LogP contribution in [0.3, 0.4) is 0 Å². The molecule has 9 nitrogen and oxygen atoms in total. The number of rotatable bonds is 7. The van der Waals surface area contributed by atoms with Crippen molar-refractivity contribution in [1.29, 1.82) is 0 Å². The van der Waals surface area contributed by atoms with Crippen molar-refractivity contribution >= 4 is 85.2 Å². The number of ketones is 1. The van der Waals surface area contributed by atoms with E-state index in [0.717, 1.165) is 51.2 Å². The van der Waals surface area contributed by atoms with Gasteiger partial charge in [0.15, 0.2) is 12.1 Å². The Balaban J connectivity index is 0.00000400. The number of carbonyl (C=O) groups is 2. The normalized spacial score (nSPS) is 16.3. The summed E-state index contributed by atoms with van der Waals surface area (Å²) in [7, 11) is 1.34. The average molecular weight is 615 g/mol. The number of aromatic nitrogens is 4. The Bertz CT molecular complexity index is 2030. The van der Waals surface area contributed by atoms with Gasteiger partial charge >= 0.3 is 29.0 Å². The monoisotopic (exact) mass is 614 g/mol. The van der Waals surface area contributed by atoms with E-state index in [9.17, 15) is 19.8 Å². The van der Waals surface area contributed by atoms with Crippen molar-refractivity contribution in [2.45, 2.75) is 66.1 Å². The van der Waals surface area contributed by atoms with Gasteiger partial charge in [-0.1, -0.05) is 48.9 Å². The SMILES string of the molecule is C=Cc1c(C)c2cc3nc(c4c5[n-]c(cc6nc(cc1[n-]2)C(C)=C6CC)c(C)c5C(=O)[C@@H]4[C@@H](O)OC)C(CCC(=O)O)=C3C.[Mg+2]. The van der Waals surface area contributed by atoms with Crippen molar-refractivity contribution in [1.82, 2.24) is 19.9 Å². The van der Waals surface area contributed by atoms with Gasteiger partial charge in [-0.25, -0.2) is 9.97 Å². The van der Waals surface area contributed by atoms with Crippen LogP contribution in [0, 0.1) is 13.8 Å². The van der Waals surface area contributed by atoms with Gasteiger partial charge in [-0.2, -0.15) is 0 Å². The molecule has 2 N–H and O–H groups in total. The van der Waals surface area contributed by atoms with Crippen LogP contribution in [0.2, 0.25) is 0 Å². The zero-order valence-electron chi connectivity index (χ0n) is 26.4. The number of carboxylic acids is 1. The number of aryl methyl sites for hydroxylation is 2. The summed E-state index contributed by atoms with van der Waals surface area (Å²) < 4.78 is 5.29. The number of fused-ring (bicyclic) bond motifs is 8. The number of nitrogens with zero attached hydrogens (tertiary/aromatic N) is 4. The molecule has 0 aromatic carbocycles. The minimum absolute atomic E-state index is 0. The third-order valence-electron chi connectivity index (χ3n) is 9.12. The van der Waals surface area contributed by atoms with E-state index in [4.69, 9.17) is 24.7 Å². The van der Waals surface area contributed by atoms with E-state index in [2.05, 4.69) is 13.5 Å². The van der Waals surface area contributed by atoms with Crippen LogP contribution in [0.4, 0.5) is 0 Å². The maximum Gasteiger partial charge on any atom is 2.00 e. The number of methoxy groups -OCH3 is 1. The van der Waals surface area contributed by atoms with E-state index in [0.29, 0.717) is 50.2 Å². The van der Waals surface area contributed by atoms with E-state index >= 15 is 0 Å². The van der Waals surface area contributed by atoms with Gasteiger partial charge in [-0.3, -0.25) is 9.59 Å². The Morgan fingerprint density at radius 2 is 1.62 bits per heavy atom. The maximum absolute atomic E-state index is 14.0. The first-order chi connectivity index (χ1) is 21.0. The van der Waals surface area contributed by atoms with Gasteiger partial charge in [0.05, 0.1) is 28.7 Å². The molecule has 0 fully saturated rings. The minimum atomic E-state index is -1.44. The third-order valence-corrected chi connectivity index (χ3v) is 9.12. The number of Topliss-reactive ketones (excluding diaryl/α,β-unsaturated/α-hetero) is 1. The molecule has 0 radical (unpaired) electrons. The second-order valence-corrected chi connectivity index (χ2v) is 11.5. The number of hydrogen-bond donors (Lipinski definition) is 2. The number of carboxylic acid groups (broad SMARTS) is 1. The first-order valence-corrected chi connectivity index (χ1v) is 14.7. The van der Waals surface area contributed by atoms with Crippen LogP contribution in [-0.4, -0.2) is 68.4 Å². The molecule has 8 bridgehead atoms. The van der Waals surface area contributed by atoms with E-state index < -0.39 is 18.2 Å². The van der Waals surface area contributed by atoms with Crippen molar-refractivity contribution < 1.29 is 24.5 Å². The predicted octanol–water partition coefficient (Wildman–Crippen LogP) is 5.83. The molecule has 6 rings (SSSR count). The molecule has 3 aliphatic rings. The number of hydrogen-bond acceptors (Lipinski definition) is 6. The van der Waals surface area contributed by atoms with Crippen molar-refractivity contribution in [3.8, 4) is 0 Å². The van der Waals surface area contributed by atoms with Crippen molar-refractivity contribution in [3.05, 3.63) is 75.4 Å². The molecule has 0 amide bonds. The molecular weight excluding hydrogens is 581 g/mol. The van der Waals surface area contributed by atoms with Gasteiger partial charge in [0, 0.05) is 19.1 Å². The summed E-state index contributed by atoms with van der Waals surface area (Å²) in [5.41, 5.74) is 12.0. The molecule has 10 heteroatoms. The first kappa shape index (κ1) is 32.6. The molecule has 45 heavy (non-hydrogen) atoms. The molecule has 2 aliphatic heterocycles. The van der Waals surface area contributed by atoms with Crippen molar-refractivity contribution in [3.63, 3.8) is 0 Å². The molecule has 1 aliphatic carbocycles. The van der Waals surface area contributed by atoms with Crippen LogP contribution in [-0.2, 0) is 9.53 Å². The maximum atomic E-state index is 14.0. The molecule has 3 aromatic rings. The summed E-state index contributed by atoms with van der Waals surface area (Å²) in [6.45, 7) is 13.9. The topological polar surface area (TPSA) is 138 Å². The first-order valence-electron chi connectivity index (χ1n) is 14.7. The fraction of sp³-hybridized carbons (Fsp3) is 0.314. The smallest absolute Gasteiger partial charge is 0.657 e. The van der Waals surface area contributed by atoms with Crippen LogP contribution < -0.4 is 9.97 Å². The molecule has 3 aromatic heterocycles. The van der Waals surface area contributed by atoms with Crippen LogP contribution in [0.25, 0.3) is 50.4 Å². The predicted molar refractivity (Wildman–Crippen MR) is 176 cm³/mol. The van der Waals surface area contributed by atoms with Crippen molar-refractivity contribution in [2.24, 2.45) is 0 Å². The van der Waals surface area contributed by atoms with Crippen LogP contribution in [0.15, 0.2) is 24.8 Å². The molecule has 0 spiro atoms. The standard InChI is InChI=1S/C35H36N4O5.Mg/c1-8-19-15(3)22-12-24-17(5)21(10-11-28(40)41)32(38-24)30-31(35(43)44-7)34(42)29-18(6)25(39-33(29)30)14-27-20(9-2)16(4)23(37-27)13-26(19)36-22;/h8,12-14,31,35,43H,1,9-11H2,2-7H3,(H3,36,37,38,39,40,41,42);/q;+2/p-2/t31-,35+;/m1./s1. The molecule has 0 saturated carbocycles. The fourth-order valence-corrected chi connectivity index (χ4v) is 6.64. The molecule has 5 heterocycles. The van der Waals surface area contributed by atoms with E-state index in [1.807, 2.05) is 45.9 Å². The zero-order valence-corrected chi connectivity index (χ0v) is 27.8. The fourth-order valence-electron chi connectivity index (χ4n) is 6.64. The Morgan fingerprint density at radius 1 is 1.00 bits per heavy atom. The average Bonchev–Trinajstić information content (AvgIpc) is 3.72. The van der Waals surface area contributed by atoms with Gasteiger partial charge in [-0.05, 0) is 74.0 Å². The molecule has 2 atom stereocenters. The van der Waals surface area contributed by atoms with Gasteiger partial charge in [0.1, 0.15) is 0 Å². The Labute approximate surface area is 277 Å². The summed E-state index contributed by atoms with van der Waals surface area (Å²) >= 11 is 0. The number of aliphatic carboxylic acids is 1. The molecule has 0 unspecified atom stereocenters. The Kier molecular flexibility index (Phi) is 8.80. The van der Waals surface area contributed by atoms with Gasteiger partial charge < -0.3 is 24.9 Å². The third kappa shape index (κ3) is 5.09. The largest absolute Gasteiger partial charge is 2.00 e. The summed E-state index contributed by atoms with van der Waals surface area (Å²) in [4.78, 5) is 45.6. The quantitative estimate of drug-likeness (QED) is 0.248. The van der Waals surface area contributed by atoms with E-state index in [1.165, 1.54) is 7.11 Å². The number of ether oxygens (including phenoxy) is 1. The van der Waals surface area contributed by atoms with E-state index in [1.54, 1.807) is 6.08 Å². The second kappa shape index (κ2) is 12.2. The molecule has 0 saturated heterocycles. The summed E-state index contributed by atoms with van der Waals surface area (Å²) in [6.07, 6.45) is 1.15. The summed E-state index contributed by atoms with van der Waals surface area (Å²) in [6, 6.07) is 5.77. The number of aliphatic hydroxyl groups excluding tert-OH is 1. The van der Waals surface area contributed by atoms with Crippen LogP contribution >= 0.6 is 0 Å². The van der Waals surface area contributed by atoms with Crippen molar-refractivity contribution in [2.75, 3.05) is 7.11 Å². The number of carbonyl (C=O) groups excluding carboxylic acids is 1. The Hall–Kier alpha value is -3.83. The minimum Gasteiger partial charge on any atom is -0.657 e. The van der Waals surface area contributed by atoms with Crippen LogP contribution in [0.5, 0.6) is 0 Å². The van der Waals surface area contributed by atoms with Gasteiger partial charge in [0.2, 0.25) is 0 Å². The molecular formula is C35H34MgN4O5. The molecule has 226 valence electrons.